The van der Waals surface area contributed by atoms with Gasteiger partial charge in [0.25, 0.3) is 0 Å². The number of carbonyl (C=O) groups excluding carboxylic acids is 1. The van der Waals surface area contributed by atoms with Crippen molar-refractivity contribution in [2.45, 2.75) is 51.0 Å². The van der Waals surface area contributed by atoms with Crippen molar-refractivity contribution in [3.05, 3.63) is 179 Å². The van der Waals surface area contributed by atoms with Crippen molar-refractivity contribution >= 4 is 51.0 Å². The zero-order valence-electron chi connectivity index (χ0n) is 38.0. The highest BCUT2D eigenvalue weighted by Crippen LogP contribution is 2.42. The van der Waals surface area contributed by atoms with Crippen LogP contribution >= 0.6 is 11.8 Å². The molecule has 0 bridgehead atoms. The fourth-order valence-electron chi connectivity index (χ4n) is 8.46. The van der Waals surface area contributed by atoms with Gasteiger partial charge in [0.2, 0.25) is 0 Å². The van der Waals surface area contributed by atoms with Gasteiger partial charge >= 0.3 is 24.6 Å². The Morgan fingerprint density at radius 3 is 1.63 bits per heavy atom. The molecule has 17 heteroatoms. The molecule has 0 aliphatic carbocycles. The van der Waals surface area contributed by atoms with E-state index in [1.807, 2.05) is 54.8 Å². The van der Waals surface area contributed by atoms with Crippen molar-refractivity contribution in [1.82, 2.24) is 14.9 Å². The summed E-state index contributed by atoms with van der Waals surface area (Å²) < 4.78 is 123. The number of urea groups is 1. The summed E-state index contributed by atoms with van der Waals surface area (Å²) in [4.78, 5) is 25.1. The molecule has 2 amide bonds. The Kier molecular flexibility index (Phi) is 14.8. The first-order valence-electron chi connectivity index (χ1n) is 22.1. The number of para-hydroxylation sites is 1. The van der Waals surface area contributed by atoms with Crippen LogP contribution in [0.1, 0.15) is 40.1 Å². The van der Waals surface area contributed by atoms with E-state index in [9.17, 15) is 49.4 Å². The van der Waals surface area contributed by atoms with Crippen molar-refractivity contribution in [2.75, 3.05) is 29.2 Å². The second kappa shape index (κ2) is 20.8. The summed E-state index contributed by atoms with van der Waals surface area (Å²) >= 11 is 1.65. The Hall–Kier alpha value is -6.95. The van der Waals surface area contributed by atoms with Gasteiger partial charge < -0.3 is 15.7 Å². The first-order valence-corrected chi connectivity index (χ1v) is 23.5. The molecule has 0 saturated carbocycles. The summed E-state index contributed by atoms with van der Waals surface area (Å²) in [5, 5.41) is 17.4. The maximum Gasteiger partial charge on any atom is 0.416 e. The number of anilines is 2. The maximum atomic E-state index is 13.8. The normalized spacial score (nSPS) is 12.7. The van der Waals surface area contributed by atoms with Crippen LogP contribution in [0.5, 0.6) is 0 Å². The number of thioether (sulfide) groups is 1. The highest BCUT2D eigenvalue weighted by Gasteiger charge is 2.37. The molecule has 0 spiro atoms. The number of aliphatic hydroxyl groups excluding tert-OH is 1. The van der Waals surface area contributed by atoms with Gasteiger partial charge in [-0.25, -0.2) is 4.79 Å². The Morgan fingerprint density at radius 1 is 0.592 bits per heavy atom. The predicted molar refractivity (Wildman–Crippen MR) is 262 cm³/mol. The number of fused-ring (bicyclic) bond motifs is 2. The average molecular weight is 998 g/mol. The van der Waals surface area contributed by atoms with E-state index in [0.29, 0.717) is 69.6 Å². The van der Waals surface area contributed by atoms with Gasteiger partial charge in [0.05, 0.1) is 51.4 Å². The molecule has 0 radical (unpaired) electrons. The molecule has 3 N–H and O–H groups in total. The first kappa shape index (κ1) is 50.4. The summed E-state index contributed by atoms with van der Waals surface area (Å²) in [6, 6.07) is 35.7. The van der Waals surface area contributed by atoms with E-state index in [4.69, 9.17) is 9.97 Å². The molecule has 0 aliphatic rings. The van der Waals surface area contributed by atoms with E-state index in [1.54, 1.807) is 66.4 Å². The summed E-state index contributed by atoms with van der Waals surface area (Å²) in [5.74, 6) is 0.784. The predicted octanol–water partition coefficient (Wildman–Crippen LogP) is 14.9. The van der Waals surface area contributed by atoms with E-state index in [-0.39, 0.29) is 35.5 Å². The number of amides is 2. The third kappa shape index (κ3) is 12.2. The summed E-state index contributed by atoms with van der Waals surface area (Å²) in [6.45, 7) is 2.07. The smallest absolute Gasteiger partial charge is 0.395 e. The number of hydrogen-bond donors (Lipinski definition) is 3. The molecule has 71 heavy (non-hydrogen) atoms. The second-order valence-electron chi connectivity index (χ2n) is 17.0. The van der Waals surface area contributed by atoms with Gasteiger partial charge in [-0.2, -0.15) is 51.3 Å². The molecule has 7 nitrogen and oxygen atoms in total. The molecule has 0 aliphatic heterocycles. The summed E-state index contributed by atoms with van der Waals surface area (Å²) in [5.41, 5.74) is 2.20. The zero-order chi connectivity index (χ0) is 50.7. The van der Waals surface area contributed by atoms with Crippen molar-refractivity contribution < 1.29 is 49.4 Å². The van der Waals surface area contributed by atoms with Crippen LogP contribution < -0.4 is 10.6 Å². The fraction of sp³-hybridized carbons (Fsp3) is 0.204. The molecule has 1 atom stereocenters. The summed E-state index contributed by atoms with van der Waals surface area (Å²) in [7, 11) is 0. The standard InChI is InChI=1S/C54H44F9N5O2S/c1-32-21-38(52(55,56)57)28-43(22-32)66-51(70)67-50-10-6-5-9-47(50)34-14-18-49-36(24-34)12-16-42(65-49)30-68(44(31-69)19-20-71-2)29-41-15-11-35-23-33(13-17-48(35)64-41)45-7-3-4-8-46(45)37-25-39(53(58,59)60)27-40(26-37)54(61,62)63/h3-18,21-28,44,69H,19-20,29-31H2,1-2H3,(H2,66,67,70)/t44-/m0/s1. The monoisotopic (exact) mass is 997 g/mol. The third-order valence-electron chi connectivity index (χ3n) is 11.9. The Bertz CT molecular complexity index is 3200. The molecule has 6 aromatic carbocycles. The topological polar surface area (TPSA) is 90.4 Å². The Labute approximate surface area is 406 Å². The number of rotatable bonds is 14. The van der Waals surface area contributed by atoms with Gasteiger partial charge in [0, 0.05) is 41.2 Å². The van der Waals surface area contributed by atoms with E-state index in [1.165, 1.54) is 19.1 Å². The van der Waals surface area contributed by atoms with Gasteiger partial charge in [-0.15, -0.1) is 0 Å². The Morgan fingerprint density at radius 2 is 1.10 bits per heavy atom. The number of aliphatic hydroxyl groups is 1. The lowest BCUT2D eigenvalue weighted by molar-refractivity contribution is -0.143. The minimum atomic E-state index is -5.00. The van der Waals surface area contributed by atoms with Crippen molar-refractivity contribution in [2.24, 2.45) is 0 Å². The molecule has 2 heterocycles. The third-order valence-corrected chi connectivity index (χ3v) is 12.5. The van der Waals surface area contributed by atoms with Crippen LogP contribution in [-0.4, -0.2) is 50.7 Å². The van der Waals surface area contributed by atoms with Crippen molar-refractivity contribution in [3.63, 3.8) is 0 Å². The van der Waals surface area contributed by atoms with Crippen LogP contribution in [0.4, 0.5) is 55.7 Å². The molecule has 8 aromatic rings. The molecular formula is C54H44F9N5O2S. The molecular weight excluding hydrogens is 954 g/mol. The molecule has 2 aromatic heterocycles. The van der Waals surface area contributed by atoms with Crippen molar-refractivity contribution in [1.29, 1.82) is 0 Å². The molecule has 366 valence electrons. The van der Waals surface area contributed by atoms with Crippen LogP contribution in [0.2, 0.25) is 0 Å². The van der Waals surface area contributed by atoms with Crippen LogP contribution in [-0.2, 0) is 31.6 Å². The number of pyridine rings is 2. The van der Waals surface area contributed by atoms with E-state index in [2.05, 4.69) is 15.5 Å². The number of hydrogen-bond acceptors (Lipinski definition) is 6. The second-order valence-corrected chi connectivity index (χ2v) is 18.0. The Balaban J connectivity index is 1.02. The number of alkyl halides is 9. The highest BCUT2D eigenvalue weighted by molar-refractivity contribution is 7.98. The minimum absolute atomic E-state index is 0.00269. The lowest BCUT2D eigenvalue weighted by Crippen LogP contribution is -2.38. The quantitative estimate of drug-likeness (QED) is 0.0941. The van der Waals surface area contributed by atoms with E-state index >= 15 is 0 Å². The number of benzene rings is 6. The van der Waals surface area contributed by atoms with Crippen LogP contribution in [0.15, 0.2) is 146 Å². The van der Waals surface area contributed by atoms with E-state index < -0.39 is 41.3 Å². The highest BCUT2D eigenvalue weighted by atomic mass is 32.2. The number of nitrogens with one attached hydrogen (secondary N) is 2. The van der Waals surface area contributed by atoms with Crippen LogP contribution in [0, 0.1) is 6.92 Å². The van der Waals surface area contributed by atoms with Gasteiger partial charge in [-0.05, 0) is 138 Å². The van der Waals surface area contributed by atoms with E-state index in [0.717, 1.165) is 46.7 Å². The van der Waals surface area contributed by atoms with Gasteiger partial charge in [0.15, 0.2) is 0 Å². The van der Waals surface area contributed by atoms with Gasteiger partial charge in [-0.1, -0.05) is 66.7 Å². The lowest BCUT2D eigenvalue weighted by Gasteiger charge is -2.30. The lowest BCUT2D eigenvalue weighted by atomic mass is 9.91. The number of aromatic nitrogens is 2. The number of aryl methyl sites for hydroxylation is 1. The average Bonchev–Trinajstić information content (AvgIpc) is 3.33. The number of nitrogens with zero attached hydrogens (tertiary/aromatic N) is 3. The number of halogens is 9. The van der Waals surface area contributed by atoms with Crippen molar-refractivity contribution in [3.8, 4) is 33.4 Å². The molecule has 8 rings (SSSR count). The SMILES string of the molecule is CSCC[C@@H](CO)N(Cc1ccc2cc(-c3ccccc3NC(=O)Nc3cc(C)cc(C(F)(F)F)c3)ccc2n1)Cc1ccc2cc(-c3ccccc3-c3cc(C(F)(F)F)cc(C(F)(F)F)c3)ccc2n1. The molecule has 0 fully saturated rings. The van der Waals surface area contributed by atoms with Gasteiger partial charge in [0.1, 0.15) is 0 Å². The maximum absolute atomic E-state index is 13.8. The van der Waals surface area contributed by atoms with Crippen LogP contribution in [0.25, 0.3) is 55.2 Å². The minimum Gasteiger partial charge on any atom is -0.395 e. The van der Waals surface area contributed by atoms with Crippen LogP contribution in [0.3, 0.4) is 0 Å². The fourth-order valence-corrected chi connectivity index (χ4v) is 8.97. The molecule has 0 saturated heterocycles. The largest absolute Gasteiger partial charge is 0.416 e. The number of carbonyl (C=O) groups is 1. The zero-order valence-corrected chi connectivity index (χ0v) is 38.8. The first-order chi connectivity index (χ1) is 33.7. The van der Waals surface area contributed by atoms with Gasteiger partial charge in [-0.3, -0.25) is 14.9 Å². The summed E-state index contributed by atoms with van der Waals surface area (Å²) in [6.07, 6.45) is -11.9. The molecule has 0 unspecified atom stereocenters.